The molecule has 2 nitrogen and oxygen atoms in total. The van der Waals surface area contributed by atoms with Gasteiger partial charge in [-0.1, -0.05) is 24.3 Å². The van der Waals surface area contributed by atoms with Gasteiger partial charge in [-0.2, -0.15) is 18.4 Å². The number of alkyl halides is 3. The molecule has 0 N–H and O–H groups in total. The van der Waals surface area contributed by atoms with Crippen molar-refractivity contribution >= 4 is 0 Å². The van der Waals surface area contributed by atoms with Crippen LogP contribution in [0.1, 0.15) is 11.1 Å². The highest BCUT2D eigenvalue weighted by Gasteiger charge is 2.33. The molecule has 1 heterocycles. The third-order valence-corrected chi connectivity index (χ3v) is 2.62. The molecule has 2 aromatic rings. The van der Waals surface area contributed by atoms with Crippen LogP contribution in [0.2, 0.25) is 0 Å². The molecule has 0 saturated heterocycles. The van der Waals surface area contributed by atoms with Crippen molar-refractivity contribution in [3.8, 4) is 17.3 Å². The highest BCUT2D eigenvalue weighted by molar-refractivity contribution is 5.64. The molecule has 96 valence electrons. The molecule has 1 aromatic carbocycles. The Kier molecular flexibility index (Phi) is 3.52. The van der Waals surface area contributed by atoms with E-state index in [1.165, 1.54) is 30.5 Å². The summed E-state index contributed by atoms with van der Waals surface area (Å²) < 4.78 is 38.6. The van der Waals surface area contributed by atoms with Gasteiger partial charge in [0.05, 0.1) is 23.7 Å². The predicted molar refractivity (Wildman–Crippen MR) is 64.0 cm³/mol. The predicted octanol–water partition coefficient (Wildman–Crippen LogP) is 3.83. The second-order valence-electron chi connectivity index (χ2n) is 3.93. The van der Waals surface area contributed by atoms with Crippen molar-refractivity contribution in [1.29, 1.82) is 5.26 Å². The van der Waals surface area contributed by atoms with Gasteiger partial charge in [-0.3, -0.25) is 4.98 Å². The summed E-state index contributed by atoms with van der Waals surface area (Å²) in [6.07, 6.45) is -2.80. The largest absolute Gasteiger partial charge is 0.417 e. The third-order valence-electron chi connectivity index (χ3n) is 2.62. The number of aromatic nitrogens is 1. The number of nitrogens with zero attached hydrogens (tertiary/aromatic N) is 2. The number of pyridine rings is 1. The topological polar surface area (TPSA) is 36.7 Å². The van der Waals surface area contributed by atoms with Crippen molar-refractivity contribution in [1.82, 2.24) is 4.98 Å². The molecule has 0 bridgehead atoms. The van der Waals surface area contributed by atoms with Crippen LogP contribution in [0.25, 0.3) is 11.3 Å². The van der Waals surface area contributed by atoms with Crippen molar-refractivity contribution in [2.24, 2.45) is 0 Å². The van der Waals surface area contributed by atoms with Crippen LogP contribution in [-0.2, 0) is 12.6 Å². The van der Waals surface area contributed by atoms with E-state index >= 15 is 0 Å². The first-order chi connectivity index (χ1) is 9.02. The molecule has 2 rings (SSSR count). The zero-order valence-corrected chi connectivity index (χ0v) is 9.78. The molecular weight excluding hydrogens is 253 g/mol. The molecule has 5 heteroatoms. The van der Waals surface area contributed by atoms with Gasteiger partial charge in [-0.05, 0) is 17.7 Å². The minimum absolute atomic E-state index is 0.0403. The summed E-state index contributed by atoms with van der Waals surface area (Å²) in [7, 11) is 0. The molecule has 0 radical (unpaired) electrons. The van der Waals surface area contributed by atoms with E-state index in [0.717, 1.165) is 6.07 Å². The molecule has 0 saturated carbocycles. The Labute approximate surface area is 108 Å². The smallest absolute Gasteiger partial charge is 0.256 e. The lowest BCUT2D eigenvalue weighted by atomic mass is 10.0. The van der Waals surface area contributed by atoms with E-state index < -0.39 is 11.7 Å². The van der Waals surface area contributed by atoms with Crippen LogP contribution in [0, 0.1) is 11.3 Å². The van der Waals surface area contributed by atoms with E-state index in [9.17, 15) is 13.2 Å². The van der Waals surface area contributed by atoms with Crippen LogP contribution < -0.4 is 0 Å². The maximum Gasteiger partial charge on any atom is 0.417 e. The maximum atomic E-state index is 12.9. The number of hydrogen-bond acceptors (Lipinski definition) is 2. The van der Waals surface area contributed by atoms with Crippen molar-refractivity contribution < 1.29 is 13.2 Å². The summed E-state index contributed by atoms with van der Waals surface area (Å²) in [6.45, 7) is 0. The van der Waals surface area contributed by atoms with Gasteiger partial charge in [0.2, 0.25) is 0 Å². The number of halogens is 3. The number of rotatable bonds is 2. The molecular formula is C14H9F3N2. The van der Waals surface area contributed by atoms with Crippen molar-refractivity contribution in [3.63, 3.8) is 0 Å². The van der Waals surface area contributed by atoms with E-state index in [1.54, 1.807) is 6.07 Å². The summed E-state index contributed by atoms with van der Waals surface area (Å²) in [5, 5.41) is 8.53. The SMILES string of the molecule is N#CCc1ccc(-c2ccccc2C(F)(F)F)nc1. The molecule has 0 aliphatic rings. The summed E-state index contributed by atoms with van der Waals surface area (Å²) in [4.78, 5) is 3.99. The number of hydrogen-bond donors (Lipinski definition) is 0. The summed E-state index contributed by atoms with van der Waals surface area (Å²) >= 11 is 0. The number of benzene rings is 1. The van der Waals surface area contributed by atoms with Gasteiger partial charge < -0.3 is 0 Å². The molecule has 19 heavy (non-hydrogen) atoms. The van der Waals surface area contributed by atoms with Crippen LogP contribution in [0.3, 0.4) is 0 Å². The zero-order chi connectivity index (χ0) is 13.9. The summed E-state index contributed by atoms with van der Waals surface area (Å²) in [6, 6.07) is 10.4. The Hall–Kier alpha value is -2.35. The first-order valence-corrected chi connectivity index (χ1v) is 5.51. The van der Waals surface area contributed by atoms with Gasteiger partial charge in [-0.15, -0.1) is 0 Å². The second kappa shape index (κ2) is 5.11. The van der Waals surface area contributed by atoms with Crippen LogP contribution in [0.4, 0.5) is 13.2 Å². The Morgan fingerprint density at radius 2 is 1.84 bits per heavy atom. The van der Waals surface area contributed by atoms with Crippen LogP contribution in [-0.4, -0.2) is 4.98 Å². The standard InChI is InChI=1S/C14H9F3N2/c15-14(16,17)12-4-2-1-3-11(12)13-6-5-10(7-8-18)9-19-13/h1-6,9H,7H2. The number of nitriles is 1. The van der Waals surface area contributed by atoms with E-state index in [4.69, 9.17) is 5.26 Å². The highest BCUT2D eigenvalue weighted by atomic mass is 19.4. The quantitative estimate of drug-likeness (QED) is 0.824. The Balaban J connectivity index is 2.45. The molecule has 0 fully saturated rings. The monoisotopic (exact) mass is 262 g/mol. The highest BCUT2D eigenvalue weighted by Crippen LogP contribution is 2.36. The lowest BCUT2D eigenvalue weighted by molar-refractivity contribution is -0.137. The van der Waals surface area contributed by atoms with Gasteiger partial charge in [0.25, 0.3) is 0 Å². The molecule has 0 spiro atoms. The Morgan fingerprint density at radius 3 is 2.42 bits per heavy atom. The fraction of sp³-hybridized carbons (Fsp3) is 0.143. The molecule has 0 atom stereocenters. The van der Waals surface area contributed by atoms with E-state index in [0.29, 0.717) is 5.56 Å². The molecule has 0 aliphatic heterocycles. The third kappa shape index (κ3) is 2.91. The minimum Gasteiger partial charge on any atom is -0.256 e. The van der Waals surface area contributed by atoms with Gasteiger partial charge in [0, 0.05) is 11.8 Å². The average molecular weight is 262 g/mol. The lowest BCUT2D eigenvalue weighted by Gasteiger charge is -2.12. The van der Waals surface area contributed by atoms with Gasteiger partial charge in [0.1, 0.15) is 0 Å². The first-order valence-electron chi connectivity index (χ1n) is 5.51. The van der Waals surface area contributed by atoms with Crippen molar-refractivity contribution in [3.05, 3.63) is 53.7 Å². The zero-order valence-electron chi connectivity index (χ0n) is 9.78. The first kappa shape index (κ1) is 13.1. The maximum absolute atomic E-state index is 12.9. The Morgan fingerprint density at radius 1 is 1.11 bits per heavy atom. The average Bonchev–Trinajstić information content (AvgIpc) is 2.39. The van der Waals surface area contributed by atoms with Crippen molar-refractivity contribution in [2.75, 3.05) is 0 Å². The Bertz CT molecular complexity index is 610. The van der Waals surface area contributed by atoms with Crippen LogP contribution >= 0.6 is 0 Å². The van der Waals surface area contributed by atoms with E-state index in [-0.39, 0.29) is 17.7 Å². The normalized spacial score (nSPS) is 11.1. The van der Waals surface area contributed by atoms with Gasteiger partial charge >= 0.3 is 6.18 Å². The second-order valence-corrected chi connectivity index (χ2v) is 3.93. The fourth-order valence-corrected chi connectivity index (χ4v) is 1.73. The van der Waals surface area contributed by atoms with Gasteiger partial charge in [0.15, 0.2) is 0 Å². The van der Waals surface area contributed by atoms with E-state index in [2.05, 4.69) is 4.98 Å². The molecule has 0 amide bonds. The molecule has 0 aliphatic carbocycles. The van der Waals surface area contributed by atoms with Crippen molar-refractivity contribution in [2.45, 2.75) is 12.6 Å². The fourth-order valence-electron chi connectivity index (χ4n) is 1.73. The lowest BCUT2D eigenvalue weighted by Crippen LogP contribution is -2.07. The van der Waals surface area contributed by atoms with Crippen LogP contribution in [0.5, 0.6) is 0 Å². The molecule has 1 aromatic heterocycles. The summed E-state index contributed by atoms with van der Waals surface area (Å²) in [5.74, 6) is 0. The van der Waals surface area contributed by atoms with Crippen LogP contribution in [0.15, 0.2) is 42.6 Å². The summed E-state index contributed by atoms with van der Waals surface area (Å²) in [5.41, 5.74) is 0.249. The molecule has 0 unspecified atom stereocenters. The minimum atomic E-state index is -4.41. The van der Waals surface area contributed by atoms with Gasteiger partial charge in [-0.25, -0.2) is 0 Å². The van der Waals surface area contributed by atoms with E-state index in [1.807, 2.05) is 6.07 Å².